The molecule has 144 valence electrons. The van der Waals surface area contributed by atoms with Crippen molar-refractivity contribution in [3.63, 3.8) is 0 Å². The molecule has 2 aliphatic heterocycles. The number of ether oxygens (including phenoxy) is 2. The highest BCUT2D eigenvalue weighted by Crippen LogP contribution is 2.26. The number of rotatable bonds is 6. The Hall–Kier alpha value is -1.47. The molecule has 3 rings (SSSR count). The molecular formula is C20H31N3O3. The van der Waals surface area contributed by atoms with Crippen LogP contribution in [0, 0.1) is 0 Å². The largest absolute Gasteiger partial charge is 0.381 e. The van der Waals surface area contributed by atoms with Crippen LogP contribution in [0.15, 0.2) is 30.3 Å². The molecule has 4 N–H and O–H groups in total. The SMILES string of the molecule is CC(NC1(CNC(=O)C2(N)CCOCC2)CCOCC1)c1ccccc1. The van der Waals surface area contributed by atoms with Crippen LogP contribution in [0.5, 0.6) is 0 Å². The molecule has 2 heterocycles. The molecular weight excluding hydrogens is 330 g/mol. The normalized spacial score (nSPS) is 23.2. The Bertz CT molecular complexity index is 581. The lowest BCUT2D eigenvalue weighted by atomic mass is 9.86. The molecule has 1 aromatic carbocycles. The van der Waals surface area contributed by atoms with Gasteiger partial charge in [0.15, 0.2) is 0 Å². The highest BCUT2D eigenvalue weighted by molar-refractivity contribution is 5.86. The molecule has 6 heteroatoms. The molecule has 1 unspecified atom stereocenters. The van der Waals surface area contributed by atoms with Gasteiger partial charge in [-0.25, -0.2) is 0 Å². The van der Waals surface area contributed by atoms with Crippen molar-refractivity contribution in [3.8, 4) is 0 Å². The number of carbonyl (C=O) groups excluding carboxylic acids is 1. The summed E-state index contributed by atoms with van der Waals surface area (Å²) in [4.78, 5) is 12.7. The number of hydrogen-bond donors (Lipinski definition) is 3. The minimum atomic E-state index is -0.810. The predicted molar refractivity (Wildman–Crippen MR) is 101 cm³/mol. The third kappa shape index (κ3) is 4.62. The predicted octanol–water partition coefficient (Wildman–Crippen LogP) is 1.51. The Labute approximate surface area is 155 Å². The summed E-state index contributed by atoms with van der Waals surface area (Å²) in [5.41, 5.74) is 6.57. The van der Waals surface area contributed by atoms with Crippen molar-refractivity contribution < 1.29 is 14.3 Å². The maximum absolute atomic E-state index is 12.7. The second-order valence-corrected chi connectivity index (χ2v) is 7.62. The maximum atomic E-state index is 12.7. The smallest absolute Gasteiger partial charge is 0.240 e. The highest BCUT2D eigenvalue weighted by atomic mass is 16.5. The standard InChI is InChI=1S/C20H31N3O3/c1-16(17-5-3-2-4-6-17)23-19(7-11-25-12-8-19)15-22-18(24)20(21)9-13-26-14-10-20/h2-6,16,23H,7-15,21H2,1H3,(H,22,24). The molecule has 0 radical (unpaired) electrons. The molecule has 1 atom stereocenters. The number of amides is 1. The Morgan fingerprint density at radius 3 is 2.27 bits per heavy atom. The van der Waals surface area contributed by atoms with Gasteiger partial charge in [0.25, 0.3) is 0 Å². The zero-order chi connectivity index (χ0) is 18.5. The van der Waals surface area contributed by atoms with Gasteiger partial charge in [-0.05, 0) is 38.2 Å². The lowest BCUT2D eigenvalue weighted by Gasteiger charge is -2.41. The first-order valence-electron chi connectivity index (χ1n) is 9.58. The number of nitrogens with one attached hydrogen (secondary N) is 2. The number of benzene rings is 1. The van der Waals surface area contributed by atoms with E-state index in [1.54, 1.807) is 0 Å². The molecule has 26 heavy (non-hydrogen) atoms. The van der Waals surface area contributed by atoms with E-state index in [0.717, 1.165) is 12.8 Å². The number of carbonyl (C=O) groups is 1. The van der Waals surface area contributed by atoms with Crippen LogP contribution < -0.4 is 16.4 Å². The van der Waals surface area contributed by atoms with Crippen LogP contribution in [0.2, 0.25) is 0 Å². The monoisotopic (exact) mass is 361 g/mol. The molecule has 0 bridgehead atoms. The summed E-state index contributed by atoms with van der Waals surface area (Å²) in [6.45, 7) is 5.22. The summed E-state index contributed by atoms with van der Waals surface area (Å²) < 4.78 is 10.9. The molecule has 1 amide bonds. The van der Waals surface area contributed by atoms with E-state index in [-0.39, 0.29) is 17.5 Å². The highest BCUT2D eigenvalue weighted by Gasteiger charge is 2.39. The van der Waals surface area contributed by atoms with Crippen LogP contribution in [0.1, 0.15) is 44.2 Å². The minimum Gasteiger partial charge on any atom is -0.381 e. The molecule has 0 aromatic heterocycles. The Balaban J connectivity index is 1.64. The topological polar surface area (TPSA) is 85.6 Å². The summed E-state index contributed by atoms with van der Waals surface area (Å²) in [5, 5.41) is 6.88. The summed E-state index contributed by atoms with van der Waals surface area (Å²) in [6, 6.07) is 10.6. The van der Waals surface area contributed by atoms with Crippen LogP contribution in [0.3, 0.4) is 0 Å². The minimum absolute atomic E-state index is 0.0687. The fourth-order valence-electron chi connectivity index (χ4n) is 3.81. The van der Waals surface area contributed by atoms with Crippen LogP contribution in [0.4, 0.5) is 0 Å². The van der Waals surface area contributed by atoms with Gasteiger partial charge in [-0.1, -0.05) is 30.3 Å². The van der Waals surface area contributed by atoms with E-state index in [4.69, 9.17) is 15.2 Å². The van der Waals surface area contributed by atoms with E-state index in [1.165, 1.54) is 5.56 Å². The summed E-state index contributed by atoms with van der Waals surface area (Å²) >= 11 is 0. The summed E-state index contributed by atoms with van der Waals surface area (Å²) in [7, 11) is 0. The van der Waals surface area contributed by atoms with Gasteiger partial charge in [0.2, 0.25) is 5.91 Å². The first-order chi connectivity index (χ1) is 12.5. The van der Waals surface area contributed by atoms with Gasteiger partial charge in [0.05, 0.1) is 5.54 Å². The van der Waals surface area contributed by atoms with Gasteiger partial charge in [0, 0.05) is 44.6 Å². The molecule has 0 saturated carbocycles. The van der Waals surface area contributed by atoms with Crippen molar-refractivity contribution in [2.24, 2.45) is 5.73 Å². The Morgan fingerprint density at radius 2 is 1.65 bits per heavy atom. The second-order valence-electron chi connectivity index (χ2n) is 7.62. The van der Waals surface area contributed by atoms with Crippen molar-refractivity contribution in [3.05, 3.63) is 35.9 Å². The second kappa shape index (κ2) is 8.48. The van der Waals surface area contributed by atoms with Gasteiger partial charge >= 0.3 is 0 Å². The summed E-state index contributed by atoms with van der Waals surface area (Å²) in [6.07, 6.45) is 2.88. The first kappa shape index (κ1) is 19.3. The maximum Gasteiger partial charge on any atom is 0.240 e. The molecule has 2 saturated heterocycles. The van der Waals surface area contributed by atoms with Crippen LogP contribution in [0.25, 0.3) is 0 Å². The van der Waals surface area contributed by atoms with Crippen molar-refractivity contribution in [1.82, 2.24) is 10.6 Å². The lowest BCUT2D eigenvalue weighted by Crippen LogP contribution is -2.62. The van der Waals surface area contributed by atoms with E-state index in [0.29, 0.717) is 45.8 Å². The van der Waals surface area contributed by atoms with E-state index in [1.807, 2.05) is 6.07 Å². The molecule has 1 aromatic rings. The van der Waals surface area contributed by atoms with E-state index in [2.05, 4.69) is 41.8 Å². The van der Waals surface area contributed by atoms with E-state index < -0.39 is 5.54 Å². The Morgan fingerprint density at radius 1 is 1.08 bits per heavy atom. The Kier molecular flexibility index (Phi) is 6.29. The molecule has 0 aliphatic carbocycles. The van der Waals surface area contributed by atoms with Crippen LogP contribution >= 0.6 is 0 Å². The van der Waals surface area contributed by atoms with Crippen molar-refractivity contribution >= 4 is 5.91 Å². The van der Waals surface area contributed by atoms with Crippen LogP contribution in [-0.2, 0) is 14.3 Å². The average molecular weight is 361 g/mol. The van der Waals surface area contributed by atoms with Crippen molar-refractivity contribution in [2.45, 2.75) is 49.7 Å². The van der Waals surface area contributed by atoms with Gasteiger partial charge in [-0.3, -0.25) is 4.79 Å². The number of hydrogen-bond acceptors (Lipinski definition) is 5. The molecule has 0 spiro atoms. The van der Waals surface area contributed by atoms with Gasteiger partial charge in [-0.2, -0.15) is 0 Å². The van der Waals surface area contributed by atoms with Crippen molar-refractivity contribution in [2.75, 3.05) is 33.0 Å². The third-order valence-electron chi connectivity index (χ3n) is 5.70. The quantitative estimate of drug-likeness (QED) is 0.715. The molecule has 6 nitrogen and oxygen atoms in total. The lowest BCUT2D eigenvalue weighted by molar-refractivity contribution is -0.130. The molecule has 2 aliphatic rings. The van der Waals surface area contributed by atoms with Crippen LogP contribution in [-0.4, -0.2) is 50.0 Å². The molecule has 2 fully saturated rings. The van der Waals surface area contributed by atoms with Gasteiger partial charge in [0.1, 0.15) is 0 Å². The zero-order valence-corrected chi connectivity index (χ0v) is 15.6. The number of nitrogens with two attached hydrogens (primary N) is 1. The van der Waals surface area contributed by atoms with Gasteiger partial charge in [-0.15, -0.1) is 0 Å². The summed E-state index contributed by atoms with van der Waals surface area (Å²) in [5.74, 6) is -0.0687. The first-order valence-corrected chi connectivity index (χ1v) is 9.58. The zero-order valence-electron chi connectivity index (χ0n) is 15.6. The van der Waals surface area contributed by atoms with E-state index >= 15 is 0 Å². The van der Waals surface area contributed by atoms with Gasteiger partial charge < -0.3 is 25.8 Å². The fraction of sp³-hybridized carbons (Fsp3) is 0.650. The van der Waals surface area contributed by atoms with Crippen molar-refractivity contribution in [1.29, 1.82) is 0 Å². The average Bonchev–Trinajstić information content (AvgIpc) is 2.68. The van der Waals surface area contributed by atoms with E-state index in [9.17, 15) is 4.79 Å². The fourth-order valence-corrected chi connectivity index (χ4v) is 3.81. The third-order valence-corrected chi connectivity index (χ3v) is 5.70.